The molecular weight excluding hydrogens is 228 g/mol. The molecule has 0 spiro atoms. The number of carbonyl (C=O) groups excluding carboxylic acids is 1. The third-order valence-corrected chi connectivity index (χ3v) is 2.60. The molecule has 1 aromatic carbocycles. The fraction of sp³-hybridized carbons (Fsp3) is 0.417. The molecule has 88 valence electrons. The van der Waals surface area contributed by atoms with Crippen LogP contribution in [0.1, 0.15) is 29.3 Å². The number of methoxy groups -OCH3 is 1. The van der Waals surface area contributed by atoms with Gasteiger partial charge in [-0.1, -0.05) is 17.7 Å². The van der Waals surface area contributed by atoms with Crippen molar-refractivity contribution < 1.29 is 14.6 Å². The Morgan fingerprint density at radius 1 is 1.56 bits per heavy atom. The molecule has 1 atom stereocenters. The predicted molar refractivity (Wildman–Crippen MR) is 62.8 cm³/mol. The van der Waals surface area contributed by atoms with E-state index in [1.807, 2.05) is 6.07 Å². The van der Waals surface area contributed by atoms with Gasteiger partial charge in [0.25, 0.3) is 0 Å². The van der Waals surface area contributed by atoms with Crippen molar-refractivity contribution in [3.8, 4) is 0 Å². The second-order valence-electron chi connectivity index (χ2n) is 3.69. The van der Waals surface area contributed by atoms with Crippen LogP contribution in [0.4, 0.5) is 0 Å². The third-order valence-electron chi connectivity index (χ3n) is 2.29. The van der Waals surface area contributed by atoms with Gasteiger partial charge in [0.15, 0.2) is 0 Å². The lowest BCUT2D eigenvalue weighted by Crippen LogP contribution is -2.04. The summed E-state index contributed by atoms with van der Waals surface area (Å²) in [5.74, 6) is -0.438. The molecule has 4 heteroatoms. The van der Waals surface area contributed by atoms with Crippen LogP contribution in [0.15, 0.2) is 18.2 Å². The molecule has 0 aromatic heterocycles. The van der Waals surface area contributed by atoms with Gasteiger partial charge in [-0.15, -0.1) is 0 Å². The first kappa shape index (κ1) is 13.0. The SMILES string of the molecule is COC(=O)c1ccc(CCC(C)O)cc1Cl. The highest BCUT2D eigenvalue weighted by atomic mass is 35.5. The van der Waals surface area contributed by atoms with Gasteiger partial charge in [-0.2, -0.15) is 0 Å². The van der Waals surface area contributed by atoms with Crippen molar-refractivity contribution in [2.45, 2.75) is 25.9 Å². The van der Waals surface area contributed by atoms with Crippen molar-refractivity contribution in [1.29, 1.82) is 0 Å². The minimum Gasteiger partial charge on any atom is -0.465 e. The second kappa shape index (κ2) is 5.87. The second-order valence-corrected chi connectivity index (χ2v) is 4.10. The molecule has 16 heavy (non-hydrogen) atoms. The van der Waals surface area contributed by atoms with Crippen LogP contribution in [0.25, 0.3) is 0 Å². The van der Waals surface area contributed by atoms with Gasteiger partial charge in [0.2, 0.25) is 0 Å². The Morgan fingerprint density at radius 2 is 2.25 bits per heavy atom. The van der Waals surface area contributed by atoms with Gasteiger partial charge in [0, 0.05) is 0 Å². The molecule has 1 rings (SSSR count). The molecule has 0 aliphatic rings. The first-order valence-corrected chi connectivity index (χ1v) is 5.47. The molecule has 0 amide bonds. The average molecular weight is 243 g/mol. The third kappa shape index (κ3) is 3.51. The van der Waals surface area contributed by atoms with Crippen LogP contribution in [-0.2, 0) is 11.2 Å². The summed E-state index contributed by atoms with van der Waals surface area (Å²) in [7, 11) is 1.32. The zero-order chi connectivity index (χ0) is 12.1. The van der Waals surface area contributed by atoms with E-state index >= 15 is 0 Å². The Hall–Kier alpha value is -1.06. The number of benzene rings is 1. The summed E-state index contributed by atoms with van der Waals surface area (Å²) in [4.78, 5) is 11.3. The molecule has 1 unspecified atom stereocenters. The Balaban J connectivity index is 2.78. The van der Waals surface area contributed by atoms with Crippen LogP contribution >= 0.6 is 11.6 Å². The number of hydrogen-bond acceptors (Lipinski definition) is 3. The summed E-state index contributed by atoms with van der Waals surface area (Å²) in [5.41, 5.74) is 1.36. The van der Waals surface area contributed by atoms with Gasteiger partial charge in [0.05, 0.1) is 23.8 Å². The molecule has 0 heterocycles. The molecule has 1 N–H and O–H groups in total. The van der Waals surface area contributed by atoms with E-state index in [0.717, 1.165) is 12.0 Å². The Morgan fingerprint density at radius 3 is 2.75 bits per heavy atom. The number of hydrogen-bond donors (Lipinski definition) is 1. The first-order valence-electron chi connectivity index (χ1n) is 5.09. The zero-order valence-corrected chi connectivity index (χ0v) is 10.1. The van der Waals surface area contributed by atoms with E-state index in [1.165, 1.54) is 7.11 Å². The molecule has 0 saturated carbocycles. The molecule has 0 radical (unpaired) electrons. The predicted octanol–water partition coefficient (Wildman–Crippen LogP) is 2.44. The summed E-state index contributed by atoms with van der Waals surface area (Å²) >= 11 is 5.96. The molecule has 0 bridgehead atoms. The summed E-state index contributed by atoms with van der Waals surface area (Å²) in [5, 5.41) is 9.54. The lowest BCUT2D eigenvalue weighted by atomic mass is 10.1. The number of aliphatic hydroxyl groups excluding tert-OH is 1. The molecular formula is C12H15ClO3. The zero-order valence-electron chi connectivity index (χ0n) is 9.37. The van der Waals surface area contributed by atoms with E-state index in [9.17, 15) is 4.79 Å². The monoisotopic (exact) mass is 242 g/mol. The Kier molecular flexibility index (Phi) is 4.77. The molecule has 0 saturated heterocycles. The van der Waals surface area contributed by atoms with Crippen LogP contribution in [0.2, 0.25) is 5.02 Å². The highest BCUT2D eigenvalue weighted by molar-refractivity contribution is 6.33. The minimum atomic E-state index is -0.438. The number of aryl methyl sites for hydroxylation is 1. The smallest absolute Gasteiger partial charge is 0.339 e. The van der Waals surface area contributed by atoms with Crippen LogP contribution in [-0.4, -0.2) is 24.3 Å². The van der Waals surface area contributed by atoms with Gasteiger partial charge in [-0.05, 0) is 37.5 Å². The molecule has 1 aromatic rings. The van der Waals surface area contributed by atoms with Crippen molar-refractivity contribution >= 4 is 17.6 Å². The van der Waals surface area contributed by atoms with Gasteiger partial charge >= 0.3 is 5.97 Å². The van der Waals surface area contributed by atoms with E-state index in [4.69, 9.17) is 16.7 Å². The van der Waals surface area contributed by atoms with E-state index in [2.05, 4.69) is 4.74 Å². The van der Waals surface area contributed by atoms with Crippen molar-refractivity contribution in [3.05, 3.63) is 34.3 Å². The van der Waals surface area contributed by atoms with Gasteiger partial charge in [-0.3, -0.25) is 0 Å². The van der Waals surface area contributed by atoms with Crippen LogP contribution in [0.5, 0.6) is 0 Å². The highest BCUT2D eigenvalue weighted by Crippen LogP contribution is 2.19. The van der Waals surface area contributed by atoms with Crippen LogP contribution in [0, 0.1) is 0 Å². The maximum Gasteiger partial charge on any atom is 0.339 e. The Labute approximate surface area is 100.0 Å². The van der Waals surface area contributed by atoms with E-state index in [0.29, 0.717) is 17.0 Å². The Bertz CT molecular complexity index is 375. The minimum absolute atomic E-state index is 0.334. The van der Waals surface area contributed by atoms with E-state index in [1.54, 1.807) is 19.1 Å². The topological polar surface area (TPSA) is 46.5 Å². The summed E-state index contributed by atoms with van der Waals surface area (Å²) in [6, 6.07) is 5.20. The van der Waals surface area contributed by atoms with Gasteiger partial charge < -0.3 is 9.84 Å². The standard InChI is InChI=1S/C12H15ClO3/c1-8(14)3-4-9-5-6-10(11(13)7-9)12(15)16-2/h5-8,14H,3-4H2,1-2H3. The number of rotatable bonds is 4. The van der Waals surface area contributed by atoms with Crippen molar-refractivity contribution in [2.24, 2.45) is 0 Å². The summed E-state index contributed by atoms with van der Waals surface area (Å²) < 4.78 is 4.59. The number of esters is 1. The van der Waals surface area contributed by atoms with Crippen LogP contribution < -0.4 is 0 Å². The van der Waals surface area contributed by atoms with Crippen molar-refractivity contribution in [3.63, 3.8) is 0 Å². The molecule has 3 nitrogen and oxygen atoms in total. The maximum absolute atomic E-state index is 11.3. The maximum atomic E-state index is 11.3. The number of aliphatic hydroxyl groups is 1. The van der Waals surface area contributed by atoms with Crippen molar-refractivity contribution in [1.82, 2.24) is 0 Å². The van der Waals surface area contributed by atoms with Crippen LogP contribution in [0.3, 0.4) is 0 Å². The lowest BCUT2D eigenvalue weighted by Gasteiger charge is -2.07. The quantitative estimate of drug-likeness (QED) is 0.825. The normalized spacial score (nSPS) is 12.2. The largest absolute Gasteiger partial charge is 0.465 e. The van der Waals surface area contributed by atoms with Gasteiger partial charge in [-0.25, -0.2) is 4.79 Å². The van der Waals surface area contributed by atoms with E-state index in [-0.39, 0.29) is 6.10 Å². The number of halogens is 1. The fourth-order valence-electron chi connectivity index (χ4n) is 1.37. The van der Waals surface area contributed by atoms with E-state index < -0.39 is 5.97 Å². The summed E-state index contributed by atoms with van der Waals surface area (Å²) in [6.07, 6.45) is 1.08. The molecule has 0 aliphatic carbocycles. The number of carbonyl (C=O) groups is 1. The lowest BCUT2D eigenvalue weighted by molar-refractivity contribution is 0.0601. The molecule has 0 fully saturated rings. The first-order chi connectivity index (χ1) is 7.54. The number of ether oxygens (including phenoxy) is 1. The van der Waals surface area contributed by atoms with Gasteiger partial charge in [0.1, 0.15) is 0 Å². The molecule has 0 aliphatic heterocycles. The summed E-state index contributed by atoms with van der Waals surface area (Å²) in [6.45, 7) is 1.74. The van der Waals surface area contributed by atoms with Crippen molar-refractivity contribution in [2.75, 3.05) is 7.11 Å². The average Bonchev–Trinajstić information content (AvgIpc) is 2.25. The fourth-order valence-corrected chi connectivity index (χ4v) is 1.65. The highest BCUT2D eigenvalue weighted by Gasteiger charge is 2.10.